The molecule has 0 bridgehead atoms. The van der Waals surface area contributed by atoms with Crippen molar-refractivity contribution in [2.75, 3.05) is 5.75 Å². The zero-order valence-electron chi connectivity index (χ0n) is 17.1. The number of benzene rings is 2. The highest BCUT2D eigenvalue weighted by Gasteiger charge is 2.34. The van der Waals surface area contributed by atoms with E-state index in [2.05, 4.69) is 78.0 Å². The van der Waals surface area contributed by atoms with E-state index in [1.807, 2.05) is 18.7 Å². The van der Waals surface area contributed by atoms with Crippen LogP contribution in [-0.4, -0.2) is 20.6 Å². The minimum absolute atomic E-state index is 0.0953. The quantitative estimate of drug-likeness (QED) is 0.346. The fraction of sp³-hybridized carbons (Fsp3) is 0.250. The number of aromatic nitrogens is 2. The molecule has 0 unspecified atom stereocenters. The largest absolute Gasteiger partial charge is 0.303 e. The van der Waals surface area contributed by atoms with E-state index in [9.17, 15) is 4.79 Å². The van der Waals surface area contributed by atoms with E-state index in [4.69, 9.17) is 0 Å². The van der Waals surface area contributed by atoms with Crippen molar-refractivity contribution in [2.45, 2.75) is 42.1 Å². The Kier molecular flexibility index (Phi) is 5.25. The fourth-order valence-electron chi connectivity index (χ4n) is 3.98. The highest BCUT2D eigenvalue weighted by atomic mass is 32.2. The maximum absolute atomic E-state index is 12.8. The standard InChI is InChI=1S/C24H22N2OS3/c1-14-9-11-18(12-10-14)30-19-13-28-24-25-22(27)20-15(2)16(3)29-23(20)26(24)21(19)17-7-5-4-6-8-17/h4-12,19,21H,13H2,1-3H3/t19-,21+/m0/s1. The van der Waals surface area contributed by atoms with E-state index in [0.29, 0.717) is 5.25 Å². The van der Waals surface area contributed by atoms with Crippen LogP contribution in [-0.2, 0) is 0 Å². The average molecular weight is 451 g/mol. The Morgan fingerprint density at radius 3 is 2.50 bits per heavy atom. The first-order valence-corrected chi connectivity index (χ1v) is 12.6. The van der Waals surface area contributed by atoms with Crippen LogP contribution in [0, 0.1) is 20.8 Å². The Bertz CT molecular complexity index is 1280. The van der Waals surface area contributed by atoms with Gasteiger partial charge in [0.25, 0.3) is 5.56 Å². The molecule has 0 fully saturated rings. The molecule has 152 valence electrons. The van der Waals surface area contributed by atoms with Crippen LogP contribution in [0.5, 0.6) is 0 Å². The van der Waals surface area contributed by atoms with Gasteiger partial charge >= 0.3 is 0 Å². The first-order valence-electron chi connectivity index (χ1n) is 9.96. The molecule has 0 aliphatic carbocycles. The minimum atomic E-state index is -0.0953. The normalized spacial score (nSPS) is 18.5. The van der Waals surface area contributed by atoms with Gasteiger partial charge in [-0.2, -0.15) is 4.98 Å². The fourth-order valence-corrected chi connectivity index (χ4v) is 7.74. The number of thiophene rings is 1. The summed E-state index contributed by atoms with van der Waals surface area (Å²) >= 11 is 5.34. The van der Waals surface area contributed by atoms with Gasteiger partial charge in [-0.15, -0.1) is 23.1 Å². The zero-order valence-corrected chi connectivity index (χ0v) is 19.5. The number of nitrogens with zero attached hydrogens (tertiary/aromatic N) is 2. The summed E-state index contributed by atoms with van der Waals surface area (Å²) in [4.78, 5) is 20.8. The van der Waals surface area contributed by atoms with Crippen LogP contribution < -0.4 is 5.56 Å². The summed E-state index contributed by atoms with van der Waals surface area (Å²) in [7, 11) is 0. The van der Waals surface area contributed by atoms with Crippen LogP contribution in [0.3, 0.4) is 0 Å². The van der Waals surface area contributed by atoms with Gasteiger partial charge in [0.15, 0.2) is 5.16 Å². The van der Waals surface area contributed by atoms with E-state index in [0.717, 1.165) is 26.7 Å². The van der Waals surface area contributed by atoms with Crippen molar-refractivity contribution in [3.8, 4) is 0 Å². The Balaban J connectivity index is 1.70. The molecular weight excluding hydrogens is 428 g/mol. The number of thioether (sulfide) groups is 2. The summed E-state index contributed by atoms with van der Waals surface area (Å²) in [6.07, 6.45) is 0. The van der Waals surface area contributed by atoms with Gasteiger partial charge in [0.05, 0.1) is 11.4 Å². The van der Waals surface area contributed by atoms with E-state index < -0.39 is 0 Å². The molecule has 0 spiro atoms. The molecule has 30 heavy (non-hydrogen) atoms. The van der Waals surface area contributed by atoms with E-state index >= 15 is 0 Å². The third kappa shape index (κ3) is 3.41. The van der Waals surface area contributed by atoms with Crippen molar-refractivity contribution < 1.29 is 0 Å². The van der Waals surface area contributed by atoms with Crippen molar-refractivity contribution in [1.82, 2.24) is 9.55 Å². The van der Waals surface area contributed by atoms with E-state index in [1.165, 1.54) is 20.9 Å². The van der Waals surface area contributed by atoms with Gasteiger partial charge in [-0.3, -0.25) is 4.79 Å². The maximum Gasteiger partial charge on any atom is 0.282 e. The van der Waals surface area contributed by atoms with E-state index in [-0.39, 0.29) is 11.6 Å². The first kappa shape index (κ1) is 19.9. The van der Waals surface area contributed by atoms with Gasteiger partial charge in [-0.05, 0) is 44.0 Å². The topological polar surface area (TPSA) is 34.9 Å². The molecule has 2 aromatic heterocycles. The lowest BCUT2D eigenvalue weighted by molar-refractivity contribution is 0.526. The molecule has 3 nitrogen and oxygen atoms in total. The Morgan fingerprint density at radius 1 is 1.03 bits per heavy atom. The molecule has 6 heteroatoms. The average Bonchev–Trinajstić information content (AvgIpc) is 3.05. The van der Waals surface area contributed by atoms with Crippen molar-refractivity contribution in [1.29, 1.82) is 0 Å². The van der Waals surface area contributed by atoms with Crippen molar-refractivity contribution in [2.24, 2.45) is 0 Å². The van der Waals surface area contributed by atoms with Gasteiger partial charge in [0, 0.05) is 20.8 Å². The second-order valence-corrected chi connectivity index (χ2v) is 11.2. The van der Waals surface area contributed by atoms with Gasteiger partial charge in [0.2, 0.25) is 0 Å². The Labute approximate surface area is 188 Å². The Hall–Kier alpha value is -2.02. The molecule has 1 aliphatic heterocycles. The smallest absolute Gasteiger partial charge is 0.282 e. The molecular formula is C24H22N2OS3. The second kappa shape index (κ2) is 7.91. The Morgan fingerprint density at radius 2 is 1.77 bits per heavy atom. The van der Waals surface area contributed by atoms with Crippen molar-refractivity contribution in [3.63, 3.8) is 0 Å². The maximum atomic E-state index is 12.8. The van der Waals surface area contributed by atoms with Crippen LogP contribution >= 0.6 is 34.9 Å². The number of hydrogen-bond donors (Lipinski definition) is 0. The predicted molar refractivity (Wildman–Crippen MR) is 129 cm³/mol. The molecule has 5 rings (SSSR count). The molecule has 2 atom stereocenters. The number of hydrogen-bond acceptors (Lipinski definition) is 5. The third-order valence-electron chi connectivity index (χ3n) is 5.66. The lowest BCUT2D eigenvalue weighted by Crippen LogP contribution is -2.32. The number of rotatable bonds is 3. The van der Waals surface area contributed by atoms with Crippen molar-refractivity contribution in [3.05, 3.63) is 86.5 Å². The van der Waals surface area contributed by atoms with Gasteiger partial charge in [-0.25, -0.2) is 0 Å². The van der Waals surface area contributed by atoms with Crippen LogP contribution in [0.2, 0.25) is 0 Å². The molecule has 0 N–H and O–H groups in total. The second-order valence-electron chi connectivity index (χ2n) is 7.67. The molecule has 4 aromatic rings. The molecule has 2 aromatic carbocycles. The van der Waals surface area contributed by atoms with Crippen molar-refractivity contribution >= 4 is 45.1 Å². The molecule has 3 heterocycles. The summed E-state index contributed by atoms with van der Waals surface area (Å²) in [5.74, 6) is 0.916. The summed E-state index contributed by atoms with van der Waals surface area (Å²) < 4.78 is 2.33. The van der Waals surface area contributed by atoms with E-state index in [1.54, 1.807) is 23.1 Å². The first-order chi connectivity index (χ1) is 14.5. The lowest BCUT2D eigenvalue weighted by atomic mass is 10.0. The highest BCUT2D eigenvalue weighted by molar-refractivity contribution is 8.03. The van der Waals surface area contributed by atoms with Crippen LogP contribution in [0.25, 0.3) is 10.2 Å². The summed E-state index contributed by atoms with van der Waals surface area (Å²) in [6.45, 7) is 6.25. The van der Waals surface area contributed by atoms with Gasteiger partial charge in [-0.1, -0.05) is 59.8 Å². The highest BCUT2D eigenvalue weighted by Crippen LogP contribution is 2.45. The molecule has 0 saturated heterocycles. The summed E-state index contributed by atoms with van der Waals surface area (Å²) in [5.41, 5.74) is 3.50. The SMILES string of the molecule is Cc1ccc(S[C@H]2CSc3nc(=O)c4c(C)c(C)sc4n3[C@@H]2c2ccccc2)cc1. The monoisotopic (exact) mass is 450 g/mol. The number of aryl methyl sites for hydroxylation is 3. The zero-order chi connectivity index (χ0) is 20.8. The van der Waals surface area contributed by atoms with Crippen LogP contribution in [0.15, 0.2) is 69.4 Å². The number of fused-ring (bicyclic) bond motifs is 3. The van der Waals surface area contributed by atoms with Crippen LogP contribution in [0.1, 0.15) is 27.6 Å². The molecule has 1 aliphatic rings. The van der Waals surface area contributed by atoms with Gasteiger partial charge in [0.1, 0.15) is 4.83 Å². The molecule has 0 saturated carbocycles. The van der Waals surface area contributed by atoms with Crippen LogP contribution in [0.4, 0.5) is 0 Å². The third-order valence-corrected chi connectivity index (χ3v) is 9.42. The minimum Gasteiger partial charge on any atom is -0.303 e. The predicted octanol–water partition coefficient (Wildman–Crippen LogP) is 6.24. The van der Waals surface area contributed by atoms with Gasteiger partial charge < -0.3 is 4.57 Å². The summed E-state index contributed by atoms with van der Waals surface area (Å²) in [5, 5.41) is 1.95. The lowest BCUT2D eigenvalue weighted by Gasteiger charge is -2.35. The summed E-state index contributed by atoms with van der Waals surface area (Å²) in [6, 6.07) is 19.5. The molecule has 0 amide bonds. The molecule has 0 radical (unpaired) electrons.